The molecule has 0 unspecified atom stereocenters. The van der Waals surface area contributed by atoms with Crippen LogP contribution in [0.1, 0.15) is 18.1 Å². The number of hydrogen-bond donors (Lipinski definition) is 0. The number of rotatable bonds is 3. The average Bonchev–Trinajstić information content (AvgIpc) is 2.08. The van der Waals surface area contributed by atoms with Gasteiger partial charge >= 0.3 is 0 Å². The molecule has 0 fully saturated rings. The SMILES string of the molecule is CC(=O)Cc1ccc(CF)cc1Cl. The normalized spacial score (nSPS) is 10.1. The molecule has 0 aliphatic heterocycles. The summed E-state index contributed by atoms with van der Waals surface area (Å²) >= 11 is 5.83. The van der Waals surface area contributed by atoms with Crippen LogP contribution in [0.5, 0.6) is 0 Å². The van der Waals surface area contributed by atoms with E-state index in [1.807, 2.05) is 0 Å². The lowest BCUT2D eigenvalue weighted by molar-refractivity contribution is -0.116. The fraction of sp³-hybridized carbons (Fsp3) is 0.300. The molecule has 1 aromatic carbocycles. The Kier molecular flexibility index (Phi) is 3.43. The second-order valence-electron chi connectivity index (χ2n) is 2.94. The minimum absolute atomic E-state index is 0.0508. The standard InChI is InChI=1S/C10H10ClFO/c1-7(13)4-9-3-2-8(6-12)5-10(9)11/h2-3,5H,4,6H2,1H3. The smallest absolute Gasteiger partial charge is 0.134 e. The fourth-order valence-electron chi connectivity index (χ4n) is 1.09. The zero-order valence-corrected chi connectivity index (χ0v) is 8.07. The van der Waals surface area contributed by atoms with Crippen LogP contribution in [0.3, 0.4) is 0 Å². The summed E-state index contributed by atoms with van der Waals surface area (Å²) in [4.78, 5) is 10.8. The van der Waals surface area contributed by atoms with Crippen molar-refractivity contribution in [2.45, 2.75) is 20.0 Å². The minimum atomic E-state index is -0.528. The fourth-order valence-corrected chi connectivity index (χ4v) is 1.36. The number of benzene rings is 1. The zero-order valence-electron chi connectivity index (χ0n) is 7.31. The van der Waals surface area contributed by atoms with Crippen molar-refractivity contribution in [2.75, 3.05) is 0 Å². The number of alkyl halides is 1. The van der Waals surface area contributed by atoms with E-state index in [1.54, 1.807) is 18.2 Å². The first-order valence-electron chi connectivity index (χ1n) is 3.96. The third-order valence-corrected chi connectivity index (χ3v) is 2.06. The van der Waals surface area contributed by atoms with Gasteiger partial charge in [0.1, 0.15) is 12.5 Å². The molecule has 0 aliphatic rings. The van der Waals surface area contributed by atoms with E-state index in [9.17, 15) is 9.18 Å². The number of ketones is 1. The van der Waals surface area contributed by atoms with E-state index in [4.69, 9.17) is 11.6 Å². The Bertz CT molecular complexity index is 323. The molecule has 0 saturated heterocycles. The number of hydrogen-bond acceptors (Lipinski definition) is 1. The Morgan fingerprint density at radius 1 is 1.54 bits per heavy atom. The summed E-state index contributed by atoms with van der Waals surface area (Å²) in [7, 11) is 0. The van der Waals surface area contributed by atoms with Crippen LogP contribution in [0.4, 0.5) is 4.39 Å². The monoisotopic (exact) mass is 200 g/mol. The Balaban J connectivity index is 2.91. The highest BCUT2D eigenvalue weighted by Crippen LogP contribution is 2.19. The third-order valence-electron chi connectivity index (χ3n) is 1.71. The van der Waals surface area contributed by atoms with Gasteiger partial charge in [0.15, 0.2) is 0 Å². The number of Topliss-reactive ketones (excluding diaryl/α,β-unsaturated/α-hetero) is 1. The highest BCUT2D eigenvalue weighted by molar-refractivity contribution is 6.31. The minimum Gasteiger partial charge on any atom is -0.300 e. The lowest BCUT2D eigenvalue weighted by Crippen LogP contribution is -1.97. The van der Waals surface area contributed by atoms with E-state index in [0.717, 1.165) is 5.56 Å². The van der Waals surface area contributed by atoms with Crippen LogP contribution >= 0.6 is 11.6 Å². The van der Waals surface area contributed by atoms with Crippen molar-refractivity contribution in [1.82, 2.24) is 0 Å². The molecule has 0 saturated carbocycles. The molecule has 0 radical (unpaired) electrons. The van der Waals surface area contributed by atoms with E-state index in [2.05, 4.69) is 0 Å². The van der Waals surface area contributed by atoms with Gasteiger partial charge in [0.2, 0.25) is 0 Å². The van der Waals surface area contributed by atoms with Crippen LogP contribution in [-0.2, 0) is 17.9 Å². The number of halogens is 2. The molecule has 0 aliphatic carbocycles. The Hall–Kier alpha value is -0.890. The van der Waals surface area contributed by atoms with Gasteiger partial charge in [-0.15, -0.1) is 0 Å². The molecule has 3 heteroatoms. The predicted molar refractivity (Wildman–Crippen MR) is 50.6 cm³/mol. The molecule has 0 N–H and O–H groups in total. The molecule has 70 valence electrons. The maximum absolute atomic E-state index is 12.2. The van der Waals surface area contributed by atoms with Crippen LogP contribution in [0.25, 0.3) is 0 Å². The largest absolute Gasteiger partial charge is 0.300 e. The van der Waals surface area contributed by atoms with E-state index in [1.165, 1.54) is 6.92 Å². The highest BCUT2D eigenvalue weighted by atomic mass is 35.5. The number of carbonyl (C=O) groups is 1. The van der Waals surface area contributed by atoms with Gasteiger partial charge in [0, 0.05) is 11.4 Å². The Morgan fingerprint density at radius 2 is 2.23 bits per heavy atom. The van der Waals surface area contributed by atoms with Gasteiger partial charge in [0.05, 0.1) is 0 Å². The Morgan fingerprint density at radius 3 is 2.69 bits per heavy atom. The first kappa shape index (κ1) is 10.2. The van der Waals surface area contributed by atoms with Gasteiger partial charge < -0.3 is 0 Å². The van der Waals surface area contributed by atoms with Crippen molar-refractivity contribution in [3.05, 3.63) is 34.3 Å². The predicted octanol–water partition coefficient (Wildman–Crippen LogP) is 2.94. The molecule has 0 bridgehead atoms. The van der Waals surface area contributed by atoms with E-state index in [0.29, 0.717) is 17.0 Å². The molecule has 1 nitrogen and oxygen atoms in total. The summed E-state index contributed by atoms with van der Waals surface area (Å²) in [6, 6.07) is 4.89. The average molecular weight is 201 g/mol. The van der Waals surface area contributed by atoms with Crippen LogP contribution in [0.2, 0.25) is 5.02 Å². The van der Waals surface area contributed by atoms with E-state index in [-0.39, 0.29) is 5.78 Å². The van der Waals surface area contributed by atoms with E-state index >= 15 is 0 Å². The van der Waals surface area contributed by atoms with Crippen molar-refractivity contribution in [2.24, 2.45) is 0 Å². The molecule has 0 aromatic heterocycles. The molecule has 0 atom stereocenters. The topological polar surface area (TPSA) is 17.1 Å². The number of carbonyl (C=O) groups excluding carboxylic acids is 1. The molecule has 1 rings (SSSR count). The van der Waals surface area contributed by atoms with Crippen LogP contribution in [-0.4, -0.2) is 5.78 Å². The van der Waals surface area contributed by atoms with Crippen molar-refractivity contribution < 1.29 is 9.18 Å². The first-order valence-corrected chi connectivity index (χ1v) is 4.34. The van der Waals surface area contributed by atoms with Crippen LogP contribution in [0, 0.1) is 0 Å². The van der Waals surface area contributed by atoms with E-state index < -0.39 is 6.67 Å². The lowest BCUT2D eigenvalue weighted by atomic mass is 10.1. The Labute approximate surface area is 81.5 Å². The molecule has 0 heterocycles. The van der Waals surface area contributed by atoms with Crippen molar-refractivity contribution in [3.63, 3.8) is 0 Å². The van der Waals surface area contributed by atoms with Crippen LogP contribution < -0.4 is 0 Å². The molecular weight excluding hydrogens is 191 g/mol. The second-order valence-corrected chi connectivity index (χ2v) is 3.35. The molecule has 0 amide bonds. The van der Waals surface area contributed by atoms with Crippen molar-refractivity contribution in [1.29, 1.82) is 0 Å². The van der Waals surface area contributed by atoms with Crippen molar-refractivity contribution >= 4 is 17.4 Å². The van der Waals surface area contributed by atoms with Gasteiger partial charge in [-0.1, -0.05) is 23.7 Å². The lowest BCUT2D eigenvalue weighted by Gasteiger charge is -2.02. The summed E-state index contributed by atoms with van der Waals surface area (Å²) in [5.74, 6) is 0.0508. The van der Waals surface area contributed by atoms with Gasteiger partial charge in [-0.25, -0.2) is 4.39 Å². The van der Waals surface area contributed by atoms with Gasteiger partial charge in [-0.2, -0.15) is 0 Å². The molecule has 0 spiro atoms. The highest BCUT2D eigenvalue weighted by Gasteiger charge is 2.03. The first-order chi connectivity index (χ1) is 6.13. The molecular formula is C10H10ClFO. The summed E-state index contributed by atoms with van der Waals surface area (Å²) in [6.07, 6.45) is 0.311. The second kappa shape index (κ2) is 4.38. The van der Waals surface area contributed by atoms with Gasteiger partial charge in [0.25, 0.3) is 0 Å². The van der Waals surface area contributed by atoms with Crippen LogP contribution in [0.15, 0.2) is 18.2 Å². The summed E-state index contributed by atoms with van der Waals surface area (Å²) in [5, 5.41) is 0.463. The van der Waals surface area contributed by atoms with Crippen molar-refractivity contribution in [3.8, 4) is 0 Å². The molecule has 13 heavy (non-hydrogen) atoms. The molecule has 1 aromatic rings. The third kappa shape index (κ3) is 2.81. The van der Waals surface area contributed by atoms with Gasteiger partial charge in [-0.05, 0) is 24.1 Å². The summed E-state index contributed by atoms with van der Waals surface area (Å²) in [6.45, 7) is 0.972. The summed E-state index contributed by atoms with van der Waals surface area (Å²) in [5.41, 5.74) is 1.30. The quantitative estimate of drug-likeness (QED) is 0.733. The maximum Gasteiger partial charge on any atom is 0.134 e. The van der Waals surface area contributed by atoms with Gasteiger partial charge in [-0.3, -0.25) is 4.79 Å². The maximum atomic E-state index is 12.2. The zero-order chi connectivity index (χ0) is 9.84. The summed E-state index contributed by atoms with van der Waals surface area (Å²) < 4.78 is 12.2.